The molecule has 0 aliphatic carbocycles. The Morgan fingerprint density at radius 2 is 1.98 bits per heavy atom. The topological polar surface area (TPSA) is 150 Å². The number of aliphatic hydroxyl groups is 1. The summed E-state index contributed by atoms with van der Waals surface area (Å²) in [5, 5.41) is 26.5. The van der Waals surface area contributed by atoms with Crippen molar-refractivity contribution in [2.45, 2.75) is 75.4 Å². The lowest BCUT2D eigenvalue weighted by Gasteiger charge is -2.35. The fourth-order valence-electron chi connectivity index (χ4n) is 5.77. The SMILES string of the molecule is CNc1cccc(S(=O)(=O)N(C[C@H](O)[C@H](Cc2ccccc2)NC(=O)O[C@H]2CO[C@H]3OCC[C@H]32)CC(C)(C)CCCC#N)c1. The van der Waals surface area contributed by atoms with E-state index < -0.39 is 39.8 Å². The smallest absolute Gasteiger partial charge is 0.407 e. The van der Waals surface area contributed by atoms with E-state index in [1.165, 1.54) is 10.4 Å². The predicted molar refractivity (Wildman–Crippen MR) is 165 cm³/mol. The summed E-state index contributed by atoms with van der Waals surface area (Å²) in [6.07, 6.45) is -0.247. The summed E-state index contributed by atoms with van der Waals surface area (Å²) in [4.78, 5) is 13.2. The van der Waals surface area contributed by atoms with E-state index >= 15 is 0 Å². The first-order chi connectivity index (χ1) is 21.0. The number of aliphatic hydroxyl groups excluding tert-OH is 1. The van der Waals surface area contributed by atoms with Crippen LogP contribution in [0.3, 0.4) is 0 Å². The van der Waals surface area contributed by atoms with Crippen molar-refractivity contribution in [2.75, 3.05) is 38.7 Å². The molecule has 0 saturated carbocycles. The minimum absolute atomic E-state index is 0.0458. The molecule has 0 spiro atoms. The molecule has 2 saturated heterocycles. The van der Waals surface area contributed by atoms with Gasteiger partial charge in [-0.15, -0.1) is 0 Å². The molecule has 1 amide bonds. The minimum Gasteiger partial charge on any atom is -0.443 e. The second kappa shape index (κ2) is 15.2. The minimum atomic E-state index is -4.06. The third kappa shape index (κ3) is 8.92. The van der Waals surface area contributed by atoms with Crippen LogP contribution in [0.2, 0.25) is 0 Å². The molecule has 12 heteroatoms. The van der Waals surface area contributed by atoms with Crippen molar-refractivity contribution >= 4 is 21.8 Å². The quantitative estimate of drug-likeness (QED) is 0.250. The van der Waals surface area contributed by atoms with Crippen molar-refractivity contribution in [1.29, 1.82) is 5.26 Å². The van der Waals surface area contributed by atoms with Crippen molar-refractivity contribution in [3.05, 3.63) is 60.2 Å². The Hall–Kier alpha value is -3.21. The van der Waals surface area contributed by atoms with Crippen LogP contribution in [0.25, 0.3) is 0 Å². The Kier molecular flexibility index (Phi) is 11.6. The number of benzene rings is 2. The van der Waals surface area contributed by atoms with Gasteiger partial charge in [-0.2, -0.15) is 9.57 Å². The van der Waals surface area contributed by atoms with Gasteiger partial charge in [0.1, 0.15) is 6.10 Å². The average Bonchev–Trinajstić information content (AvgIpc) is 3.62. The molecule has 2 aliphatic heterocycles. The van der Waals surface area contributed by atoms with Gasteiger partial charge in [-0.05, 0) is 54.9 Å². The summed E-state index contributed by atoms with van der Waals surface area (Å²) in [5.74, 6) is -0.0458. The van der Waals surface area contributed by atoms with E-state index in [0.717, 1.165) is 12.0 Å². The largest absolute Gasteiger partial charge is 0.443 e. The maximum Gasteiger partial charge on any atom is 0.407 e. The Labute approximate surface area is 260 Å². The zero-order valence-electron chi connectivity index (χ0n) is 25.6. The summed E-state index contributed by atoms with van der Waals surface area (Å²) in [7, 11) is -2.35. The van der Waals surface area contributed by atoms with E-state index in [0.29, 0.717) is 31.6 Å². The molecular formula is C32H44N4O7S. The molecule has 0 unspecified atom stereocenters. The highest BCUT2D eigenvalue weighted by molar-refractivity contribution is 7.89. The highest BCUT2D eigenvalue weighted by Crippen LogP contribution is 2.33. The van der Waals surface area contributed by atoms with Crippen LogP contribution >= 0.6 is 0 Å². The molecule has 2 aliphatic rings. The molecule has 0 aromatic heterocycles. The molecule has 4 rings (SSSR count). The van der Waals surface area contributed by atoms with Crippen LogP contribution in [0.1, 0.15) is 45.1 Å². The van der Waals surface area contributed by atoms with Crippen LogP contribution in [-0.4, -0.2) is 81.8 Å². The van der Waals surface area contributed by atoms with Crippen molar-refractivity contribution < 1.29 is 32.5 Å². The van der Waals surface area contributed by atoms with Crippen molar-refractivity contribution in [2.24, 2.45) is 11.3 Å². The molecule has 0 radical (unpaired) electrons. The van der Waals surface area contributed by atoms with Crippen LogP contribution < -0.4 is 10.6 Å². The molecule has 11 nitrogen and oxygen atoms in total. The summed E-state index contributed by atoms with van der Waals surface area (Å²) in [6, 6.07) is 17.2. The second-order valence-electron chi connectivity index (χ2n) is 12.2. The number of alkyl carbamates (subject to hydrolysis) is 1. The second-order valence-corrected chi connectivity index (χ2v) is 14.2. The third-order valence-electron chi connectivity index (χ3n) is 8.21. The fraction of sp³-hybridized carbons (Fsp3) is 0.562. The van der Waals surface area contributed by atoms with Gasteiger partial charge < -0.3 is 30.0 Å². The van der Waals surface area contributed by atoms with E-state index in [2.05, 4.69) is 16.7 Å². The maximum atomic E-state index is 14.1. The Morgan fingerprint density at radius 3 is 2.70 bits per heavy atom. The molecule has 3 N–H and O–H groups in total. The lowest BCUT2D eigenvalue weighted by atomic mass is 9.87. The number of carbonyl (C=O) groups excluding carboxylic acids is 1. The number of anilines is 1. The Balaban J connectivity index is 1.57. The van der Waals surface area contributed by atoms with Gasteiger partial charge >= 0.3 is 6.09 Å². The number of rotatable bonds is 15. The highest BCUT2D eigenvalue weighted by Gasteiger charge is 2.44. The van der Waals surface area contributed by atoms with Gasteiger partial charge in [0.25, 0.3) is 0 Å². The molecule has 2 heterocycles. The number of nitriles is 1. The van der Waals surface area contributed by atoms with Gasteiger partial charge in [0.2, 0.25) is 10.0 Å². The summed E-state index contributed by atoms with van der Waals surface area (Å²) >= 11 is 0. The standard InChI is InChI=1S/C32H44N4O7S/c1-32(2,15-7-8-16-33)22-36(44(39,40)25-13-9-12-24(19-25)34-3)20-28(37)27(18-23-10-5-4-6-11-23)35-31(38)43-29-21-42-30-26(29)14-17-41-30/h4-6,9-13,19,26-30,34,37H,7-8,14-15,17-18,20-22H2,1-3H3,(H,35,38)/t26-,27-,28-,29-,30+/m0/s1. The van der Waals surface area contributed by atoms with Gasteiger partial charge in [0, 0.05) is 32.2 Å². The average molecular weight is 629 g/mol. The van der Waals surface area contributed by atoms with Gasteiger partial charge in [0.05, 0.1) is 42.2 Å². The first-order valence-corrected chi connectivity index (χ1v) is 16.5. The molecule has 5 atom stereocenters. The Morgan fingerprint density at radius 1 is 1.20 bits per heavy atom. The zero-order chi connectivity index (χ0) is 31.7. The number of nitrogens with one attached hydrogen (secondary N) is 2. The monoisotopic (exact) mass is 628 g/mol. The van der Waals surface area contributed by atoms with Crippen molar-refractivity contribution in [1.82, 2.24) is 9.62 Å². The normalized spacial score (nSPS) is 21.3. The number of ether oxygens (including phenoxy) is 3. The van der Waals surface area contributed by atoms with Crippen LogP contribution in [0.4, 0.5) is 10.5 Å². The lowest BCUT2D eigenvalue weighted by Crippen LogP contribution is -2.52. The number of hydrogen-bond acceptors (Lipinski definition) is 9. The van der Waals surface area contributed by atoms with Gasteiger partial charge in [-0.3, -0.25) is 0 Å². The van der Waals surface area contributed by atoms with Crippen molar-refractivity contribution in [3.63, 3.8) is 0 Å². The molecule has 2 aromatic carbocycles. The zero-order valence-corrected chi connectivity index (χ0v) is 26.5. The molecule has 0 bridgehead atoms. The first-order valence-electron chi connectivity index (χ1n) is 15.1. The number of nitrogens with zero attached hydrogens (tertiary/aromatic N) is 2. The van der Waals surface area contributed by atoms with E-state index in [-0.39, 0.29) is 43.2 Å². The molecule has 2 aromatic rings. The van der Waals surface area contributed by atoms with Gasteiger partial charge in [-0.25, -0.2) is 13.2 Å². The first kappa shape index (κ1) is 33.7. The maximum absolute atomic E-state index is 14.1. The molecule has 240 valence electrons. The number of carbonyl (C=O) groups is 1. The molecule has 44 heavy (non-hydrogen) atoms. The summed E-state index contributed by atoms with van der Waals surface area (Å²) in [6.45, 7) is 4.51. The van der Waals surface area contributed by atoms with Crippen molar-refractivity contribution in [3.8, 4) is 6.07 Å². The predicted octanol–water partition coefficient (Wildman–Crippen LogP) is 3.90. The number of fused-ring (bicyclic) bond motifs is 1. The summed E-state index contributed by atoms with van der Waals surface area (Å²) < 4.78 is 46.3. The number of amides is 1. The Bertz CT molecular complexity index is 1380. The number of unbranched alkanes of at least 4 members (excludes halogenated alkanes) is 1. The van der Waals surface area contributed by atoms with Crippen LogP contribution in [0, 0.1) is 22.7 Å². The van der Waals surface area contributed by atoms with E-state index in [1.807, 2.05) is 44.2 Å². The molecule has 2 fully saturated rings. The van der Waals surface area contributed by atoms with Crippen LogP contribution in [0.5, 0.6) is 0 Å². The molecular weight excluding hydrogens is 584 g/mol. The van der Waals surface area contributed by atoms with Crippen LogP contribution in [0.15, 0.2) is 59.5 Å². The summed E-state index contributed by atoms with van der Waals surface area (Å²) in [5.41, 5.74) is 1.00. The third-order valence-corrected chi connectivity index (χ3v) is 10.0. The fourth-order valence-corrected chi connectivity index (χ4v) is 7.46. The van der Waals surface area contributed by atoms with E-state index in [9.17, 15) is 18.3 Å². The van der Waals surface area contributed by atoms with E-state index in [4.69, 9.17) is 19.5 Å². The van der Waals surface area contributed by atoms with E-state index in [1.54, 1.807) is 25.2 Å². The van der Waals surface area contributed by atoms with Gasteiger partial charge in [0.15, 0.2) is 6.29 Å². The highest BCUT2D eigenvalue weighted by atomic mass is 32.2. The van der Waals surface area contributed by atoms with Crippen LogP contribution in [-0.2, 0) is 30.7 Å². The number of sulfonamides is 1. The van der Waals surface area contributed by atoms with Gasteiger partial charge in [-0.1, -0.05) is 50.2 Å². The number of hydrogen-bond donors (Lipinski definition) is 3. The lowest BCUT2D eigenvalue weighted by molar-refractivity contribution is -0.0907.